The summed E-state index contributed by atoms with van der Waals surface area (Å²) in [6, 6.07) is 2.01. The minimum Gasteiger partial charge on any atom is -0.480 e. The zero-order valence-electron chi connectivity index (χ0n) is 11.4. The predicted octanol–water partition coefficient (Wildman–Crippen LogP) is 0.974. The molecule has 1 rings (SSSR count). The Balaban J connectivity index is 2.62. The van der Waals surface area contributed by atoms with Crippen molar-refractivity contribution in [2.75, 3.05) is 5.32 Å². The van der Waals surface area contributed by atoms with Crippen molar-refractivity contribution in [3.05, 3.63) is 29.6 Å². The smallest absolute Gasteiger partial charge is 0.326 e. The average molecular weight is 297 g/mol. The quantitative estimate of drug-likeness (QED) is 0.625. The molecule has 3 amide bonds. The van der Waals surface area contributed by atoms with Gasteiger partial charge in [0.15, 0.2) is 0 Å². The Kier molecular flexibility index (Phi) is 5.65. The first kappa shape index (κ1) is 16.4. The van der Waals surface area contributed by atoms with E-state index in [1.54, 1.807) is 6.92 Å². The normalized spacial score (nSPS) is 11.5. The summed E-state index contributed by atoms with van der Waals surface area (Å²) < 4.78 is 13.3. The molecule has 0 heterocycles. The lowest BCUT2D eigenvalue weighted by Gasteiger charge is -2.14. The highest BCUT2D eigenvalue weighted by Gasteiger charge is 2.20. The molecule has 0 fully saturated rings. The maximum absolute atomic E-state index is 13.3. The van der Waals surface area contributed by atoms with Crippen LogP contribution < -0.4 is 16.4 Å². The molecule has 114 valence electrons. The van der Waals surface area contributed by atoms with Crippen molar-refractivity contribution >= 4 is 23.6 Å². The maximum atomic E-state index is 13.3. The molecule has 21 heavy (non-hydrogen) atoms. The molecule has 0 aliphatic rings. The van der Waals surface area contributed by atoms with Crippen molar-refractivity contribution in [3.63, 3.8) is 0 Å². The first-order valence-corrected chi connectivity index (χ1v) is 6.14. The maximum Gasteiger partial charge on any atom is 0.326 e. The molecule has 0 bridgehead atoms. The fourth-order valence-electron chi connectivity index (χ4n) is 1.54. The van der Waals surface area contributed by atoms with Gasteiger partial charge >= 0.3 is 12.0 Å². The van der Waals surface area contributed by atoms with Gasteiger partial charge in [-0.3, -0.25) is 4.79 Å². The van der Waals surface area contributed by atoms with Gasteiger partial charge in [-0.15, -0.1) is 0 Å². The second-order valence-electron chi connectivity index (χ2n) is 4.46. The number of halogens is 1. The summed E-state index contributed by atoms with van der Waals surface area (Å²) in [7, 11) is 0. The number of carboxylic acid groups (broad SMARTS) is 1. The molecule has 0 aromatic heterocycles. The van der Waals surface area contributed by atoms with E-state index in [-0.39, 0.29) is 18.5 Å². The number of primary amides is 1. The van der Waals surface area contributed by atoms with E-state index in [1.807, 2.05) is 0 Å². The van der Waals surface area contributed by atoms with Gasteiger partial charge in [0.2, 0.25) is 5.91 Å². The Bertz CT molecular complexity index is 562. The topological polar surface area (TPSA) is 122 Å². The Morgan fingerprint density at radius 2 is 2.05 bits per heavy atom. The molecule has 0 aliphatic heterocycles. The summed E-state index contributed by atoms with van der Waals surface area (Å²) in [5.74, 6) is -2.44. The molecule has 1 aromatic carbocycles. The van der Waals surface area contributed by atoms with E-state index in [2.05, 4.69) is 10.6 Å². The molecule has 0 aliphatic carbocycles. The third kappa shape index (κ3) is 5.47. The number of rotatable bonds is 6. The van der Waals surface area contributed by atoms with Crippen LogP contribution in [0.3, 0.4) is 0 Å². The number of hydrogen-bond donors (Lipinski definition) is 4. The Morgan fingerprint density at radius 3 is 2.57 bits per heavy atom. The van der Waals surface area contributed by atoms with E-state index in [4.69, 9.17) is 10.8 Å². The van der Waals surface area contributed by atoms with Crippen LogP contribution in [0.25, 0.3) is 0 Å². The number of nitrogens with one attached hydrogen (secondary N) is 2. The van der Waals surface area contributed by atoms with Crippen LogP contribution in [0, 0.1) is 12.7 Å². The van der Waals surface area contributed by atoms with Gasteiger partial charge in [-0.05, 0) is 31.0 Å². The van der Waals surface area contributed by atoms with Gasteiger partial charge in [0, 0.05) is 12.1 Å². The minimum absolute atomic E-state index is 0.125. The number of urea groups is 1. The second-order valence-corrected chi connectivity index (χ2v) is 4.46. The van der Waals surface area contributed by atoms with Crippen molar-refractivity contribution in [3.8, 4) is 0 Å². The molecular formula is C13H16FN3O4. The lowest BCUT2D eigenvalue weighted by atomic mass is 10.1. The number of aryl methyl sites for hydroxylation is 1. The van der Waals surface area contributed by atoms with Crippen LogP contribution in [0.5, 0.6) is 0 Å². The second kappa shape index (κ2) is 7.22. The van der Waals surface area contributed by atoms with Crippen molar-refractivity contribution < 1.29 is 23.9 Å². The van der Waals surface area contributed by atoms with E-state index in [9.17, 15) is 18.8 Å². The standard InChI is InChI=1S/C13H16FN3O4/c1-7-2-3-8(6-9(7)14)16-13(21)17-10(12(19)20)4-5-11(15)18/h2-3,6,10H,4-5H2,1H3,(H2,15,18)(H,19,20)(H2,16,17,21)/t10-/m1/s1. The number of nitrogens with two attached hydrogens (primary N) is 1. The zero-order valence-corrected chi connectivity index (χ0v) is 11.4. The average Bonchev–Trinajstić information content (AvgIpc) is 2.38. The highest BCUT2D eigenvalue weighted by Crippen LogP contribution is 2.13. The molecule has 8 heteroatoms. The van der Waals surface area contributed by atoms with Crippen LogP contribution in [0.15, 0.2) is 18.2 Å². The van der Waals surface area contributed by atoms with Crippen LogP contribution >= 0.6 is 0 Å². The summed E-state index contributed by atoms with van der Waals surface area (Å²) >= 11 is 0. The Morgan fingerprint density at radius 1 is 1.38 bits per heavy atom. The molecule has 0 unspecified atom stereocenters. The van der Waals surface area contributed by atoms with Crippen molar-refractivity contribution in [2.45, 2.75) is 25.8 Å². The van der Waals surface area contributed by atoms with E-state index < -0.39 is 29.8 Å². The van der Waals surface area contributed by atoms with Gasteiger partial charge in [0.1, 0.15) is 11.9 Å². The fourth-order valence-corrected chi connectivity index (χ4v) is 1.54. The van der Waals surface area contributed by atoms with Crippen LogP contribution in [0.4, 0.5) is 14.9 Å². The number of carbonyl (C=O) groups excluding carboxylic acids is 2. The van der Waals surface area contributed by atoms with Crippen molar-refractivity contribution in [2.24, 2.45) is 5.73 Å². The summed E-state index contributed by atoms with van der Waals surface area (Å²) in [4.78, 5) is 33.2. The highest BCUT2D eigenvalue weighted by atomic mass is 19.1. The number of carboxylic acids is 1. The van der Waals surface area contributed by atoms with Crippen molar-refractivity contribution in [1.29, 1.82) is 0 Å². The first-order valence-electron chi connectivity index (χ1n) is 6.14. The molecule has 5 N–H and O–H groups in total. The van der Waals surface area contributed by atoms with E-state index >= 15 is 0 Å². The predicted molar refractivity (Wildman–Crippen MR) is 73.1 cm³/mol. The molecule has 7 nitrogen and oxygen atoms in total. The van der Waals surface area contributed by atoms with Gasteiger partial charge in [0.25, 0.3) is 0 Å². The van der Waals surface area contributed by atoms with Gasteiger partial charge in [-0.25, -0.2) is 14.0 Å². The van der Waals surface area contributed by atoms with Gasteiger partial charge in [-0.2, -0.15) is 0 Å². The molecular weight excluding hydrogens is 281 g/mol. The van der Waals surface area contributed by atoms with Crippen LogP contribution in [-0.4, -0.2) is 29.1 Å². The number of hydrogen-bond acceptors (Lipinski definition) is 3. The van der Waals surface area contributed by atoms with E-state index in [1.165, 1.54) is 12.1 Å². The molecule has 1 aromatic rings. The summed E-state index contributed by atoms with van der Waals surface area (Å²) in [5, 5.41) is 13.4. The molecule has 0 saturated heterocycles. The first-order chi connectivity index (χ1) is 9.79. The molecule has 1 atom stereocenters. The number of amides is 3. The van der Waals surface area contributed by atoms with Crippen LogP contribution in [-0.2, 0) is 9.59 Å². The number of aliphatic carboxylic acids is 1. The lowest BCUT2D eigenvalue weighted by molar-refractivity contribution is -0.139. The number of anilines is 1. The number of benzene rings is 1. The highest BCUT2D eigenvalue weighted by molar-refractivity contribution is 5.92. The molecule has 0 radical (unpaired) electrons. The molecule has 0 spiro atoms. The summed E-state index contributed by atoms with van der Waals surface area (Å²) in [6.45, 7) is 1.57. The monoisotopic (exact) mass is 297 g/mol. The lowest BCUT2D eigenvalue weighted by Crippen LogP contribution is -2.43. The SMILES string of the molecule is Cc1ccc(NC(=O)N[C@H](CCC(N)=O)C(=O)O)cc1F. The molecule has 0 saturated carbocycles. The van der Waals surface area contributed by atoms with Crippen molar-refractivity contribution in [1.82, 2.24) is 5.32 Å². The summed E-state index contributed by atoms with van der Waals surface area (Å²) in [5.41, 5.74) is 5.54. The summed E-state index contributed by atoms with van der Waals surface area (Å²) in [6.07, 6.45) is -0.295. The number of carbonyl (C=O) groups is 3. The zero-order chi connectivity index (χ0) is 16.0. The van der Waals surface area contributed by atoms with E-state index in [0.29, 0.717) is 5.56 Å². The van der Waals surface area contributed by atoms with Crippen LogP contribution in [0.1, 0.15) is 18.4 Å². The largest absolute Gasteiger partial charge is 0.480 e. The van der Waals surface area contributed by atoms with Gasteiger partial charge in [0.05, 0.1) is 0 Å². The van der Waals surface area contributed by atoms with Crippen LogP contribution in [0.2, 0.25) is 0 Å². The minimum atomic E-state index is -1.29. The van der Waals surface area contributed by atoms with Gasteiger partial charge in [-0.1, -0.05) is 6.07 Å². The third-order valence-corrected chi connectivity index (χ3v) is 2.71. The fraction of sp³-hybridized carbons (Fsp3) is 0.308. The Labute approximate surface area is 120 Å². The van der Waals surface area contributed by atoms with Gasteiger partial charge < -0.3 is 21.5 Å². The Hall–Kier alpha value is -2.64. The third-order valence-electron chi connectivity index (χ3n) is 2.71. The van der Waals surface area contributed by atoms with E-state index in [0.717, 1.165) is 6.07 Å².